The summed E-state index contributed by atoms with van der Waals surface area (Å²) in [6.45, 7) is 2.19. The van der Waals surface area contributed by atoms with Crippen LogP contribution in [0, 0.1) is 11.6 Å². The van der Waals surface area contributed by atoms with Crippen LogP contribution in [0.2, 0.25) is 0 Å². The van der Waals surface area contributed by atoms with Gasteiger partial charge in [0.15, 0.2) is 5.78 Å². The molecule has 0 bridgehead atoms. The molecule has 0 heterocycles. The summed E-state index contributed by atoms with van der Waals surface area (Å²) < 4.78 is 26.8. The minimum atomic E-state index is -0.755. The fraction of sp³-hybridized carbons (Fsp3) is 0.588. The molecule has 0 spiro atoms. The number of hydrogen-bond acceptors (Lipinski definition) is 1. The number of halogens is 2. The van der Waals surface area contributed by atoms with Gasteiger partial charge in [-0.25, -0.2) is 8.78 Å². The highest BCUT2D eigenvalue weighted by Gasteiger charge is 2.15. The fourth-order valence-corrected chi connectivity index (χ4v) is 2.31. The summed E-state index contributed by atoms with van der Waals surface area (Å²) in [5.74, 6) is -1.93. The van der Waals surface area contributed by atoms with Crippen LogP contribution in [0.3, 0.4) is 0 Å². The molecule has 0 fully saturated rings. The quantitative estimate of drug-likeness (QED) is 0.398. The van der Waals surface area contributed by atoms with E-state index in [1.165, 1.54) is 38.2 Å². The van der Waals surface area contributed by atoms with Crippen molar-refractivity contribution in [3.05, 3.63) is 35.4 Å². The summed E-state index contributed by atoms with van der Waals surface area (Å²) in [6.07, 6.45) is 9.20. The Morgan fingerprint density at radius 1 is 0.900 bits per heavy atom. The van der Waals surface area contributed by atoms with Crippen molar-refractivity contribution >= 4 is 5.78 Å². The first-order chi connectivity index (χ1) is 9.66. The van der Waals surface area contributed by atoms with Crippen molar-refractivity contribution < 1.29 is 13.6 Å². The van der Waals surface area contributed by atoms with Gasteiger partial charge in [-0.1, -0.05) is 57.9 Å². The van der Waals surface area contributed by atoms with Crippen molar-refractivity contribution in [3.8, 4) is 0 Å². The first kappa shape index (κ1) is 16.8. The third-order valence-corrected chi connectivity index (χ3v) is 3.50. The molecular weight excluding hydrogens is 258 g/mol. The standard InChI is InChI=1S/C17H24F2O/c1-2-3-4-5-6-7-8-9-13-16(20)17-14(18)11-10-12-15(17)19/h10-12H,2-9,13H2,1H3. The molecule has 3 heteroatoms. The van der Waals surface area contributed by atoms with E-state index in [0.717, 1.165) is 25.0 Å². The molecule has 0 N–H and O–H groups in total. The smallest absolute Gasteiger partial charge is 0.168 e. The summed E-state index contributed by atoms with van der Waals surface area (Å²) in [6, 6.07) is 3.53. The number of benzene rings is 1. The van der Waals surface area contributed by atoms with E-state index in [1.807, 2.05) is 0 Å². The number of Topliss-reactive ketones (excluding diaryl/α,β-unsaturated/α-hetero) is 1. The molecular formula is C17H24F2O. The number of carbonyl (C=O) groups is 1. The SMILES string of the molecule is CCCCCCCCCCC(=O)c1c(F)cccc1F. The second-order valence-electron chi connectivity index (χ2n) is 5.24. The Kier molecular flexibility index (Phi) is 8.08. The van der Waals surface area contributed by atoms with Crippen LogP contribution >= 0.6 is 0 Å². The van der Waals surface area contributed by atoms with Crippen molar-refractivity contribution in [2.45, 2.75) is 64.7 Å². The average molecular weight is 282 g/mol. The lowest BCUT2D eigenvalue weighted by Crippen LogP contribution is -2.05. The Labute approximate surface area is 120 Å². The number of carbonyl (C=O) groups excluding carboxylic acids is 1. The van der Waals surface area contributed by atoms with Crippen molar-refractivity contribution in [2.75, 3.05) is 0 Å². The van der Waals surface area contributed by atoms with Crippen LogP contribution in [0.4, 0.5) is 8.78 Å². The zero-order valence-electron chi connectivity index (χ0n) is 12.3. The van der Waals surface area contributed by atoms with E-state index >= 15 is 0 Å². The molecule has 112 valence electrons. The largest absolute Gasteiger partial charge is 0.294 e. The lowest BCUT2D eigenvalue weighted by atomic mass is 10.0. The van der Waals surface area contributed by atoms with Gasteiger partial charge in [0.25, 0.3) is 0 Å². The summed E-state index contributed by atoms with van der Waals surface area (Å²) in [5.41, 5.74) is -0.379. The third-order valence-electron chi connectivity index (χ3n) is 3.50. The lowest BCUT2D eigenvalue weighted by Gasteiger charge is -2.04. The molecule has 0 unspecified atom stereocenters. The number of unbranched alkanes of at least 4 members (excludes halogenated alkanes) is 7. The second-order valence-corrected chi connectivity index (χ2v) is 5.24. The summed E-state index contributed by atoms with van der Waals surface area (Å²) >= 11 is 0. The van der Waals surface area contributed by atoms with Crippen molar-refractivity contribution in [1.29, 1.82) is 0 Å². The van der Waals surface area contributed by atoms with Crippen molar-refractivity contribution in [3.63, 3.8) is 0 Å². The van der Waals surface area contributed by atoms with Gasteiger partial charge in [0.05, 0.1) is 5.56 Å². The van der Waals surface area contributed by atoms with Gasteiger partial charge >= 0.3 is 0 Å². The van der Waals surface area contributed by atoms with Crippen LogP contribution < -0.4 is 0 Å². The van der Waals surface area contributed by atoms with E-state index in [4.69, 9.17) is 0 Å². The average Bonchev–Trinajstić information content (AvgIpc) is 2.41. The van der Waals surface area contributed by atoms with E-state index < -0.39 is 17.4 Å². The Morgan fingerprint density at radius 2 is 1.40 bits per heavy atom. The molecule has 1 rings (SSSR count). The van der Waals surface area contributed by atoms with E-state index in [2.05, 4.69) is 6.92 Å². The second kappa shape index (κ2) is 9.62. The minimum Gasteiger partial charge on any atom is -0.294 e. The van der Waals surface area contributed by atoms with Crippen LogP contribution in [0.5, 0.6) is 0 Å². The number of rotatable bonds is 10. The molecule has 0 radical (unpaired) electrons. The highest BCUT2D eigenvalue weighted by atomic mass is 19.1. The predicted octanol–water partition coefficient (Wildman–Crippen LogP) is 5.68. The Hall–Kier alpha value is -1.25. The lowest BCUT2D eigenvalue weighted by molar-refractivity contribution is 0.0971. The van der Waals surface area contributed by atoms with Crippen molar-refractivity contribution in [1.82, 2.24) is 0 Å². The molecule has 1 aromatic rings. The Bertz CT molecular complexity index is 395. The maximum atomic E-state index is 13.4. The van der Waals surface area contributed by atoms with Gasteiger partial charge in [-0.15, -0.1) is 0 Å². The van der Waals surface area contributed by atoms with E-state index in [0.29, 0.717) is 6.42 Å². The molecule has 0 aliphatic heterocycles. The van der Waals surface area contributed by atoms with E-state index in [1.54, 1.807) is 0 Å². The first-order valence-electron chi connectivity index (χ1n) is 7.64. The molecule has 0 atom stereocenters. The van der Waals surface area contributed by atoms with E-state index in [9.17, 15) is 13.6 Å². The highest BCUT2D eigenvalue weighted by molar-refractivity contribution is 5.96. The first-order valence-corrected chi connectivity index (χ1v) is 7.64. The molecule has 0 saturated heterocycles. The van der Waals surface area contributed by atoms with Crippen molar-refractivity contribution in [2.24, 2.45) is 0 Å². The summed E-state index contributed by atoms with van der Waals surface area (Å²) in [4.78, 5) is 11.8. The Balaban J connectivity index is 2.21. The molecule has 0 amide bonds. The molecule has 1 aromatic carbocycles. The molecule has 0 aliphatic carbocycles. The fourth-order valence-electron chi connectivity index (χ4n) is 2.31. The van der Waals surface area contributed by atoms with E-state index in [-0.39, 0.29) is 12.0 Å². The van der Waals surface area contributed by atoms with Crippen LogP contribution in [-0.2, 0) is 0 Å². The highest BCUT2D eigenvalue weighted by Crippen LogP contribution is 2.16. The molecule has 0 aliphatic rings. The predicted molar refractivity (Wildman–Crippen MR) is 77.9 cm³/mol. The molecule has 0 saturated carbocycles. The Morgan fingerprint density at radius 3 is 1.95 bits per heavy atom. The zero-order chi connectivity index (χ0) is 14.8. The van der Waals surface area contributed by atoms with Gasteiger partial charge in [-0.2, -0.15) is 0 Å². The maximum Gasteiger partial charge on any atom is 0.168 e. The third kappa shape index (κ3) is 5.81. The molecule has 20 heavy (non-hydrogen) atoms. The van der Waals surface area contributed by atoms with Gasteiger partial charge < -0.3 is 0 Å². The summed E-state index contributed by atoms with van der Waals surface area (Å²) in [7, 11) is 0. The monoisotopic (exact) mass is 282 g/mol. The molecule has 1 nitrogen and oxygen atoms in total. The molecule has 0 aromatic heterocycles. The normalized spacial score (nSPS) is 10.8. The van der Waals surface area contributed by atoms with Crippen LogP contribution in [0.15, 0.2) is 18.2 Å². The zero-order valence-corrected chi connectivity index (χ0v) is 12.3. The van der Waals surface area contributed by atoms with Crippen LogP contribution in [-0.4, -0.2) is 5.78 Å². The number of ketones is 1. The van der Waals surface area contributed by atoms with Crippen LogP contribution in [0.25, 0.3) is 0 Å². The van der Waals surface area contributed by atoms with Crippen LogP contribution in [0.1, 0.15) is 75.1 Å². The van der Waals surface area contributed by atoms with Gasteiger partial charge in [0.1, 0.15) is 11.6 Å². The van der Waals surface area contributed by atoms with Gasteiger partial charge in [0.2, 0.25) is 0 Å². The summed E-state index contributed by atoms with van der Waals surface area (Å²) in [5, 5.41) is 0. The minimum absolute atomic E-state index is 0.229. The van der Waals surface area contributed by atoms with Gasteiger partial charge in [-0.05, 0) is 18.6 Å². The van der Waals surface area contributed by atoms with Gasteiger partial charge in [0, 0.05) is 6.42 Å². The topological polar surface area (TPSA) is 17.1 Å². The van der Waals surface area contributed by atoms with Gasteiger partial charge in [-0.3, -0.25) is 4.79 Å². The maximum absolute atomic E-state index is 13.4. The number of hydrogen-bond donors (Lipinski definition) is 0.